The molecule has 5 rings (SSSR count). The molecule has 2 aromatic heterocycles. The van der Waals surface area contributed by atoms with Crippen LogP contribution >= 0.6 is 0 Å². The van der Waals surface area contributed by atoms with Crippen LogP contribution in [0.25, 0.3) is 17.0 Å². The number of carbonyl (C=O) groups is 1. The van der Waals surface area contributed by atoms with Crippen LogP contribution in [-0.4, -0.2) is 53.8 Å². The van der Waals surface area contributed by atoms with Crippen molar-refractivity contribution >= 4 is 27.3 Å². The Bertz CT molecular complexity index is 1470. The van der Waals surface area contributed by atoms with Crippen molar-refractivity contribution in [2.75, 3.05) is 24.6 Å². The third-order valence-corrected chi connectivity index (χ3v) is 7.01. The molecule has 1 aliphatic rings. The Morgan fingerprint density at radius 1 is 1.09 bits per heavy atom. The molecule has 2 aromatic carbocycles. The summed E-state index contributed by atoms with van der Waals surface area (Å²) in [6, 6.07) is 17.8. The van der Waals surface area contributed by atoms with Crippen LogP contribution in [0.2, 0.25) is 0 Å². The second-order valence-corrected chi connectivity index (χ2v) is 9.56. The van der Waals surface area contributed by atoms with Crippen molar-refractivity contribution in [2.24, 2.45) is 0 Å². The van der Waals surface area contributed by atoms with Crippen LogP contribution in [0.1, 0.15) is 12.5 Å². The summed E-state index contributed by atoms with van der Waals surface area (Å²) in [6.07, 6.45) is 0.629. The van der Waals surface area contributed by atoms with Crippen LogP contribution in [-0.2, 0) is 21.2 Å². The molecule has 0 saturated heterocycles. The van der Waals surface area contributed by atoms with Gasteiger partial charge in [-0.2, -0.15) is 4.52 Å². The maximum Gasteiger partial charge on any atom is 0.240 e. The molecular formula is C23H22N6O4S. The van der Waals surface area contributed by atoms with Crippen molar-refractivity contribution in [3.05, 3.63) is 66.2 Å². The first-order valence-electron chi connectivity index (χ1n) is 10.7. The zero-order valence-corrected chi connectivity index (χ0v) is 19.2. The molecule has 1 N–H and O–H groups in total. The average molecular weight is 479 g/mol. The predicted molar refractivity (Wildman–Crippen MR) is 125 cm³/mol. The number of ether oxygens (including phenoxy) is 1. The highest BCUT2D eigenvalue weighted by molar-refractivity contribution is 7.89. The van der Waals surface area contributed by atoms with Gasteiger partial charge in [0, 0.05) is 37.3 Å². The normalized spacial score (nSPS) is 13.3. The molecule has 1 amide bonds. The van der Waals surface area contributed by atoms with Gasteiger partial charge in [0.15, 0.2) is 11.5 Å². The van der Waals surface area contributed by atoms with Crippen molar-refractivity contribution in [3.8, 4) is 17.3 Å². The Labute approximate surface area is 196 Å². The molecule has 34 heavy (non-hydrogen) atoms. The number of benzene rings is 2. The van der Waals surface area contributed by atoms with Gasteiger partial charge in [-0.25, -0.2) is 13.1 Å². The molecule has 0 aliphatic carbocycles. The second-order valence-electron chi connectivity index (χ2n) is 7.79. The number of carbonyl (C=O) groups excluding carboxylic acids is 1. The molecular weight excluding hydrogens is 456 g/mol. The minimum absolute atomic E-state index is 0.0567. The third-order valence-electron chi connectivity index (χ3n) is 5.55. The fourth-order valence-electron chi connectivity index (χ4n) is 3.90. The number of rotatable bonds is 7. The van der Waals surface area contributed by atoms with E-state index in [4.69, 9.17) is 4.74 Å². The van der Waals surface area contributed by atoms with E-state index in [2.05, 4.69) is 20.0 Å². The van der Waals surface area contributed by atoms with Crippen LogP contribution in [0, 0.1) is 0 Å². The minimum Gasteiger partial charge on any atom is -0.475 e. The van der Waals surface area contributed by atoms with Crippen LogP contribution in [0.15, 0.2) is 65.6 Å². The van der Waals surface area contributed by atoms with Gasteiger partial charge in [-0.3, -0.25) is 4.79 Å². The van der Waals surface area contributed by atoms with Crippen molar-refractivity contribution < 1.29 is 17.9 Å². The first-order chi connectivity index (χ1) is 16.4. The van der Waals surface area contributed by atoms with Gasteiger partial charge in [-0.05, 0) is 36.2 Å². The van der Waals surface area contributed by atoms with Gasteiger partial charge in [0.1, 0.15) is 6.61 Å². The summed E-state index contributed by atoms with van der Waals surface area (Å²) in [5.41, 5.74) is 3.05. The topological polar surface area (TPSA) is 119 Å². The van der Waals surface area contributed by atoms with Crippen LogP contribution in [0.5, 0.6) is 5.88 Å². The highest BCUT2D eigenvalue weighted by Crippen LogP contribution is 2.30. The molecule has 3 heterocycles. The first-order valence-corrected chi connectivity index (χ1v) is 12.2. The number of anilines is 1. The summed E-state index contributed by atoms with van der Waals surface area (Å²) < 4.78 is 35.2. The van der Waals surface area contributed by atoms with E-state index in [1.807, 2.05) is 30.3 Å². The summed E-state index contributed by atoms with van der Waals surface area (Å²) in [5, 5.41) is 12.7. The molecule has 0 unspecified atom stereocenters. The number of amides is 1. The molecule has 4 aromatic rings. The SMILES string of the molecule is CC(=O)N1CCc2cc(S(=O)(=O)NCCOc3ccc4nnc(-c5ccccc5)n4n3)ccc21. The van der Waals surface area contributed by atoms with Gasteiger partial charge in [-0.1, -0.05) is 30.3 Å². The predicted octanol–water partition coefficient (Wildman–Crippen LogP) is 2.06. The van der Waals surface area contributed by atoms with Crippen LogP contribution < -0.4 is 14.4 Å². The van der Waals surface area contributed by atoms with E-state index < -0.39 is 10.0 Å². The lowest BCUT2D eigenvalue weighted by molar-refractivity contribution is -0.116. The lowest BCUT2D eigenvalue weighted by atomic mass is 10.2. The largest absolute Gasteiger partial charge is 0.475 e. The standard InChI is InChI=1S/C23H22N6O4S/c1-16(30)28-13-11-18-15-19(7-8-20(18)28)34(31,32)24-12-14-33-22-10-9-21-25-26-23(29(21)27-22)17-5-3-2-4-6-17/h2-10,15,24H,11-14H2,1H3. The van der Waals surface area contributed by atoms with Crippen molar-refractivity contribution in [1.29, 1.82) is 0 Å². The van der Waals surface area contributed by atoms with E-state index in [9.17, 15) is 13.2 Å². The van der Waals surface area contributed by atoms with E-state index in [0.29, 0.717) is 30.3 Å². The average Bonchev–Trinajstić information content (AvgIpc) is 3.46. The number of nitrogens with zero attached hydrogens (tertiary/aromatic N) is 5. The summed E-state index contributed by atoms with van der Waals surface area (Å²) in [7, 11) is -3.72. The van der Waals surface area contributed by atoms with E-state index in [-0.39, 0.29) is 24.0 Å². The smallest absolute Gasteiger partial charge is 0.240 e. The van der Waals surface area contributed by atoms with Crippen molar-refractivity contribution in [2.45, 2.75) is 18.2 Å². The number of hydrogen-bond acceptors (Lipinski definition) is 7. The second kappa shape index (κ2) is 8.84. The summed E-state index contributed by atoms with van der Waals surface area (Å²) >= 11 is 0. The first kappa shape index (κ1) is 22.0. The number of aromatic nitrogens is 4. The number of sulfonamides is 1. The quantitative estimate of drug-likeness (QED) is 0.404. The maximum atomic E-state index is 12.7. The van der Waals surface area contributed by atoms with Crippen LogP contribution in [0.3, 0.4) is 0 Å². The number of hydrogen-bond donors (Lipinski definition) is 1. The monoisotopic (exact) mass is 478 g/mol. The van der Waals surface area contributed by atoms with E-state index >= 15 is 0 Å². The Morgan fingerprint density at radius 3 is 2.71 bits per heavy atom. The summed E-state index contributed by atoms with van der Waals surface area (Å²) in [5.74, 6) is 0.853. The zero-order chi connectivity index (χ0) is 23.7. The van der Waals surface area contributed by atoms with Crippen LogP contribution in [0.4, 0.5) is 5.69 Å². The van der Waals surface area contributed by atoms with Gasteiger partial charge in [0.2, 0.25) is 21.8 Å². The molecule has 1 aliphatic heterocycles. The summed E-state index contributed by atoms with van der Waals surface area (Å²) in [6.45, 7) is 2.21. The van der Waals surface area contributed by atoms with Crippen molar-refractivity contribution in [3.63, 3.8) is 0 Å². The van der Waals surface area contributed by atoms with Gasteiger partial charge in [0.25, 0.3) is 0 Å². The molecule has 0 saturated carbocycles. The number of nitrogens with one attached hydrogen (secondary N) is 1. The van der Waals surface area contributed by atoms with Gasteiger partial charge < -0.3 is 9.64 Å². The van der Waals surface area contributed by atoms with E-state index in [0.717, 1.165) is 16.8 Å². The molecule has 10 nitrogen and oxygen atoms in total. The number of fused-ring (bicyclic) bond motifs is 2. The van der Waals surface area contributed by atoms with Gasteiger partial charge >= 0.3 is 0 Å². The lowest BCUT2D eigenvalue weighted by Gasteiger charge is -2.15. The zero-order valence-electron chi connectivity index (χ0n) is 18.4. The molecule has 0 bridgehead atoms. The van der Waals surface area contributed by atoms with E-state index in [1.54, 1.807) is 33.7 Å². The molecule has 174 valence electrons. The summed E-state index contributed by atoms with van der Waals surface area (Å²) in [4.78, 5) is 13.5. The van der Waals surface area contributed by atoms with Gasteiger partial charge in [-0.15, -0.1) is 15.3 Å². The Kier molecular flexibility index (Phi) is 5.72. The third kappa shape index (κ3) is 4.22. The maximum absolute atomic E-state index is 12.7. The fourth-order valence-corrected chi connectivity index (χ4v) is 4.97. The molecule has 0 radical (unpaired) electrons. The Morgan fingerprint density at radius 2 is 1.91 bits per heavy atom. The fraction of sp³-hybridized carbons (Fsp3) is 0.217. The van der Waals surface area contributed by atoms with Crippen molar-refractivity contribution in [1.82, 2.24) is 24.5 Å². The molecule has 11 heteroatoms. The Balaban J connectivity index is 1.23. The van der Waals surface area contributed by atoms with E-state index in [1.165, 1.54) is 13.0 Å². The minimum atomic E-state index is -3.72. The molecule has 0 atom stereocenters. The lowest BCUT2D eigenvalue weighted by Crippen LogP contribution is -2.28. The molecule has 0 fully saturated rings. The van der Waals surface area contributed by atoms with Gasteiger partial charge in [0.05, 0.1) is 4.90 Å². The highest BCUT2D eigenvalue weighted by Gasteiger charge is 2.24. The Hall–Kier alpha value is -3.83. The highest BCUT2D eigenvalue weighted by atomic mass is 32.2. The molecule has 0 spiro atoms.